The first kappa shape index (κ1) is 38.1. The minimum absolute atomic E-state index is 0.0479. The van der Waals surface area contributed by atoms with Crippen molar-refractivity contribution < 1.29 is 48.2 Å². The second-order valence-corrected chi connectivity index (χ2v) is 13.4. The average Bonchev–Trinajstić information content (AvgIpc) is 2.93. The third kappa shape index (κ3) is 14.3. The molecule has 6 N–H and O–H groups in total. The lowest BCUT2D eigenvalue weighted by Crippen LogP contribution is -2.45. The highest BCUT2D eigenvalue weighted by Crippen LogP contribution is 2.42. The molecule has 0 saturated heterocycles. The molecule has 0 unspecified atom stereocenters. The number of phosphoric ester groups is 1. The summed E-state index contributed by atoms with van der Waals surface area (Å²) in [7, 11) is -5.08. The molecule has 1 heterocycles. The van der Waals surface area contributed by atoms with E-state index in [0.717, 1.165) is 38.5 Å². The van der Waals surface area contributed by atoms with Gasteiger partial charge in [0, 0.05) is 24.8 Å². The minimum atomic E-state index is -5.08. The quantitative estimate of drug-likeness (QED) is 0.0618. The highest BCUT2D eigenvalue weighted by Gasteiger charge is 2.40. The van der Waals surface area contributed by atoms with Gasteiger partial charge in [-0.05, 0) is 69.4 Å². The van der Waals surface area contributed by atoms with Crippen molar-refractivity contribution in [3.63, 3.8) is 0 Å². The Bertz CT molecular complexity index is 1070. The van der Waals surface area contributed by atoms with E-state index in [2.05, 4.69) is 13.8 Å². The molecule has 1 aliphatic heterocycles. The number of aliphatic hydroxyl groups is 2. The van der Waals surface area contributed by atoms with Gasteiger partial charge in [-0.25, -0.2) is 9.36 Å². The van der Waals surface area contributed by atoms with Gasteiger partial charge in [-0.3, -0.25) is 9.32 Å². The third-order valence-electron chi connectivity index (χ3n) is 7.98. The number of allylic oxidation sites excluding steroid dienone is 3. The van der Waals surface area contributed by atoms with E-state index in [9.17, 15) is 34.2 Å². The summed E-state index contributed by atoms with van der Waals surface area (Å²) in [5, 5.41) is 22.2. The summed E-state index contributed by atoms with van der Waals surface area (Å²) in [5.74, 6) is -0.0706. The van der Waals surface area contributed by atoms with Crippen molar-refractivity contribution in [2.45, 2.75) is 115 Å². The second-order valence-electron chi connectivity index (χ2n) is 12.2. The predicted octanol–water partition coefficient (Wildman–Crippen LogP) is 4.40. The van der Waals surface area contributed by atoms with Crippen molar-refractivity contribution in [1.82, 2.24) is 0 Å². The number of hydrogen-bond donors (Lipinski definition) is 5. The van der Waals surface area contributed by atoms with E-state index < -0.39 is 37.7 Å². The number of rotatable bonds is 18. The van der Waals surface area contributed by atoms with Crippen LogP contribution in [0.25, 0.3) is 0 Å². The normalized spacial score (nSPS) is 25.9. The summed E-state index contributed by atoms with van der Waals surface area (Å²) >= 11 is 0. The number of esters is 2. The molecule has 12 heteroatoms. The first-order chi connectivity index (χ1) is 20.7. The maximum atomic E-state index is 12.2. The zero-order chi connectivity index (χ0) is 32.8. The first-order valence-corrected chi connectivity index (χ1v) is 17.2. The summed E-state index contributed by atoms with van der Waals surface area (Å²) in [6.45, 7) is 6.12. The van der Waals surface area contributed by atoms with Crippen LogP contribution in [0.15, 0.2) is 48.6 Å². The molecule has 0 radical (unpaired) electrons. The van der Waals surface area contributed by atoms with Crippen LogP contribution in [0.2, 0.25) is 0 Å². The van der Waals surface area contributed by atoms with Crippen LogP contribution >= 0.6 is 7.82 Å². The van der Waals surface area contributed by atoms with Gasteiger partial charge in [0.25, 0.3) is 0 Å². The number of aliphatic hydroxyl groups excluding tert-OH is 1. The molecule has 2 aliphatic rings. The molecule has 44 heavy (non-hydrogen) atoms. The Balaban J connectivity index is 2.03. The van der Waals surface area contributed by atoms with Gasteiger partial charge in [0.1, 0.15) is 23.9 Å². The van der Waals surface area contributed by atoms with E-state index in [1.807, 2.05) is 13.0 Å². The Morgan fingerprint density at radius 2 is 2.00 bits per heavy atom. The van der Waals surface area contributed by atoms with Crippen molar-refractivity contribution in [1.29, 1.82) is 0 Å². The van der Waals surface area contributed by atoms with E-state index in [-0.39, 0.29) is 43.3 Å². The van der Waals surface area contributed by atoms with Gasteiger partial charge in [0.05, 0.1) is 6.10 Å². The van der Waals surface area contributed by atoms with E-state index in [4.69, 9.17) is 19.7 Å². The lowest BCUT2D eigenvalue weighted by atomic mass is 9.86. The summed E-state index contributed by atoms with van der Waals surface area (Å²) in [4.78, 5) is 43.1. The molecule has 7 atom stereocenters. The molecule has 0 aromatic carbocycles. The number of hydrogen-bond acceptors (Lipinski definition) is 9. The van der Waals surface area contributed by atoms with Crippen molar-refractivity contribution in [2.75, 3.05) is 6.54 Å². The fourth-order valence-electron chi connectivity index (χ4n) is 5.55. The Kier molecular flexibility index (Phi) is 16.2. The molecule has 1 aliphatic carbocycles. The van der Waals surface area contributed by atoms with Crippen molar-refractivity contribution in [2.24, 2.45) is 23.5 Å². The summed E-state index contributed by atoms with van der Waals surface area (Å²) < 4.78 is 27.8. The van der Waals surface area contributed by atoms with Crippen LogP contribution in [0, 0.1) is 17.8 Å². The van der Waals surface area contributed by atoms with Crippen LogP contribution in [0.5, 0.6) is 0 Å². The molecular formula is C32H52NO10P. The van der Waals surface area contributed by atoms with E-state index in [0.29, 0.717) is 18.8 Å². The fraction of sp³-hybridized carbons (Fsp3) is 0.688. The minimum Gasteiger partial charge on any atom is -0.462 e. The average molecular weight is 642 g/mol. The van der Waals surface area contributed by atoms with Crippen molar-refractivity contribution in [3.8, 4) is 0 Å². The number of carbonyl (C=O) groups excluding carboxylic acids is 2. The molecule has 0 aromatic rings. The highest BCUT2D eigenvalue weighted by atomic mass is 31.2. The van der Waals surface area contributed by atoms with Gasteiger partial charge < -0.3 is 35.2 Å². The highest BCUT2D eigenvalue weighted by molar-refractivity contribution is 7.46. The predicted molar refractivity (Wildman–Crippen MR) is 167 cm³/mol. The van der Waals surface area contributed by atoms with Crippen LogP contribution in [0.4, 0.5) is 0 Å². The number of cyclic esters (lactones) is 1. The van der Waals surface area contributed by atoms with Gasteiger partial charge in [-0.2, -0.15) is 0 Å². The molecule has 1 fully saturated rings. The molecular weight excluding hydrogens is 589 g/mol. The lowest BCUT2D eigenvalue weighted by molar-refractivity contribution is -0.151. The Labute approximate surface area is 261 Å². The molecule has 250 valence electrons. The topological polar surface area (TPSA) is 186 Å². The number of ether oxygens (including phenoxy) is 2. The van der Waals surface area contributed by atoms with E-state index in [1.165, 1.54) is 24.3 Å². The monoisotopic (exact) mass is 641 g/mol. The summed E-state index contributed by atoms with van der Waals surface area (Å²) in [6, 6.07) is 0. The largest absolute Gasteiger partial charge is 0.469 e. The summed E-state index contributed by atoms with van der Waals surface area (Å²) in [6.07, 6.45) is 14.9. The van der Waals surface area contributed by atoms with Gasteiger partial charge in [0.2, 0.25) is 0 Å². The zero-order valence-electron chi connectivity index (χ0n) is 26.2. The van der Waals surface area contributed by atoms with Crippen molar-refractivity contribution in [3.05, 3.63) is 48.6 Å². The Hall–Kier alpha value is -2.11. The fourth-order valence-corrected chi connectivity index (χ4v) is 6.15. The summed E-state index contributed by atoms with van der Waals surface area (Å²) in [5.41, 5.74) is 3.74. The zero-order valence-corrected chi connectivity index (χ0v) is 27.1. The Morgan fingerprint density at radius 3 is 2.66 bits per heavy atom. The van der Waals surface area contributed by atoms with E-state index >= 15 is 0 Å². The molecule has 1 saturated carbocycles. The van der Waals surface area contributed by atoms with Crippen LogP contribution < -0.4 is 5.73 Å². The van der Waals surface area contributed by atoms with Crippen LogP contribution in [0.3, 0.4) is 0 Å². The SMILES string of the molecule is CC[C@H]1C=CC(=O)O[C@H]1/C=C/[C@](O)(CCN)[C@@H](C[C@@H](O)/C=C\C=C/[C@@H]1CCC[C@H](OC(=O)CCCC(C)C)C1)OP(=O)(O)O. The maximum absolute atomic E-state index is 12.2. The third-order valence-corrected chi connectivity index (χ3v) is 8.51. The van der Waals surface area contributed by atoms with Crippen LogP contribution in [-0.2, 0) is 28.2 Å². The molecule has 11 nitrogen and oxygen atoms in total. The van der Waals surface area contributed by atoms with Gasteiger partial charge >= 0.3 is 19.8 Å². The molecule has 0 spiro atoms. The molecule has 0 amide bonds. The van der Waals surface area contributed by atoms with Crippen molar-refractivity contribution >= 4 is 19.8 Å². The number of nitrogens with two attached hydrogens (primary N) is 1. The standard InChI is InChI=1S/C32H52NO10P/c1-4-25-15-16-31(36)42-28(25)17-18-32(37,19-20-33)29(43-44(38,39)40)22-26(34)12-6-5-10-24-11-8-13-27(21-24)41-30(35)14-7-9-23(2)3/h5-6,10,12,15-18,23-29,34,37H,4,7-9,11,13-14,19-22,33H2,1-3H3,(H2,38,39,40)/b10-5-,12-6-,18-17+/t24-,25+,26+,27+,28+,29-,32+/m1/s1. The Morgan fingerprint density at radius 1 is 1.25 bits per heavy atom. The number of carbonyl (C=O) groups is 2. The molecule has 0 aromatic heterocycles. The van der Waals surface area contributed by atoms with Crippen LogP contribution in [-0.4, -0.2) is 68.5 Å². The second kappa shape index (κ2) is 18.8. The number of phosphoric acid groups is 1. The van der Waals surface area contributed by atoms with Gasteiger partial charge in [-0.15, -0.1) is 0 Å². The molecule has 2 rings (SSSR count). The van der Waals surface area contributed by atoms with E-state index in [1.54, 1.807) is 18.2 Å². The smallest absolute Gasteiger partial charge is 0.462 e. The lowest BCUT2D eigenvalue weighted by Gasteiger charge is -2.35. The maximum Gasteiger partial charge on any atom is 0.469 e. The first-order valence-electron chi connectivity index (χ1n) is 15.7. The van der Waals surface area contributed by atoms with Crippen LogP contribution in [0.1, 0.15) is 85.0 Å². The van der Waals surface area contributed by atoms with Gasteiger partial charge in [-0.1, -0.05) is 63.6 Å². The van der Waals surface area contributed by atoms with Gasteiger partial charge in [0.15, 0.2) is 0 Å². The molecule has 0 bridgehead atoms.